The Hall–Kier alpha value is -3.79. The van der Waals surface area contributed by atoms with Gasteiger partial charge in [-0.05, 0) is 29.5 Å². The molecule has 0 saturated heterocycles. The molecule has 31 heavy (non-hydrogen) atoms. The van der Waals surface area contributed by atoms with Gasteiger partial charge in [-0.25, -0.2) is 0 Å². The van der Waals surface area contributed by atoms with E-state index in [0.29, 0.717) is 40.9 Å². The predicted molar refractivity (Wildman–Crippen MR) is 114 cm³/mol. The van der Waals surface area contributed by atoms with Gasteiger partial charge in [-0.2, -0.15) is 5.26 Å². The molecule has 1 heterocycles. The minimum absolute atomic E-state index is 0.00589. The van der Waals surface area contributed by atoms with Crippen LogP contribution in [0.5, 0.6) is 0 Å². The van der Waals surface area contributed by atoms with Crippen LogP contribution < -0.4 is 4.90 Å². The number of non-ortho nitro benzene ring substituents is 1. The number of Topliss-reactive ketones (excluding diaryl/α,β-unsaturated/α-hetero) is 1. The van der Waals surface area contributed by atoms with Gasteiger partial charge in [-0.15, -0.1) is 0 Å². The van der Waals surface area contributed by atoms with Crippen molar-refractivity contribution in [1.82, 2.24) is 0 Å². The van der Waals surface area contributed by atoms with Gasteiger partial charge >= 0.3 is 0 Å². The highest BCUT2D eigenvalue weighted by Gasteiger charge is 2.44. The molecular weight excluding hydrogens is 394 g/mol. The summed E-state index contributed by atoms with van der Waals surface area (Å²) < 4.78 is 0. The lowest BCUT2D eigenvalue weighted by molar-refractivity contribution is -0.384. The average molecular weight is 415 g/mol. The van der Waals surface area contributed by atoms with Crippen LogP contribution in [0.1, 0.15) is 50.2 Å². The highest BCUT2D eigenvalue weighted by atomic mass is 16.6. The first-order valence-corrected chi connectivity index (χ1v) is 10.0. The number of benzene rings is 2. The van der Waals surface area contributed by atoms with Crippen molar-refractivity contribution in [1.29, 1.82) is 5.26 Å². The molecular formula is C24H21N3O4. The molecule has 0 spiro atoms. The van der Waals surface area contributed by atoms with Gasteiger partial charge in [-0.1, -0.05) is 38.1 Å². The number of para-hydroxylation sites is 1. The molecule has 1 amide bonds. The number of nitriles is 1. The van der Waals surface area contributed by atoms with E-state index in [-0.39, 0.29) is 29.2 Å². The van der Waals surface area contributed by atoms with E-state index in [1.807, 2.05) is 13.8 Å². The van der Waals surface area contributed by atoms with Gasteiger partial charge in [0.05, 0.1) is 16.2 Å². The molecule has 1 atom stereocenters. The SMILES string of the molecule is CC1(C)CC(=O)C2=C(C1)N(c1ccccc1C#N)C(=O)CC2c1cccc([N+](=O)[O-])c1. The summed E-state index contributed by atoms with van der Waals surface area (Å²) in [5.41, 5.74) is 2.09. The molecule has 0 fully saturated rings. The van der Waals surface area contributed by atoms with Crippen LogP contribution in [0.15, 0.2) is 59.8 Å². The fraction of sp³-hybridized carbons (Fsp3) is 0.292. The number of nitro groups is 1. The van der Waals surface area contributed by atoms with Gasteiger partial charge < -0.3 is 0 Å². The fourth-order valence-corrected chi connectivity index (χ4v) is 4.60. The minimum Gasteiger partial charge on any atom is -0.294 e. The lowest BCUT2D eigenvalue weighted by Gasteiger charge is -2.43. The number of allylic oxidation sites excluding steroid dienone is 2. The van der Waals surface area contributed by atoms with E-state index in [1.54, 1.807) is 36.4 Å². The molecule has 2 aliphatic rings. The molecule has 1 aliphatic carbocycles. The Kier molecular flexibility index (Phi) is 4.94. The molecule has 7 nitrogen and oxygen atoms in total. The van der Waals surface area contributed by atoms with E-state index in [4.69, 9.17) is 0 Å². The van der Waals surface area contributed by atoms with Crippen LogP contribution in [0.3, 0.4) is 0 Å². The monoisotopic (exact) mass is 415 g/mol. The van der Waals surface area contributed by atoms with Crippen molar-refractivity contribution in [2.75, 3.05) is 4.90 Å². The largest absolute Gasteiger partial charge is 0.294 e. The molecule has 156 valence electrons. The van der Waals surface area contributed by atoms with Crippen molar-refractivity contribution in [3.05, 3.63) is 81.0 Å². The second-order valence-electron chi connectivity index (χ2n) is 8.77. The zero-order valence-corrected chi connectivity index (χ0v) is 17.3. The van der Waals surface area contributed by atoms with Gasteiger partial charge in [0.1, 0.15) is 6.07 Å². The summed E-state index contributed by atoms with van der Waals surface area (Å²) >= 11 is 0. The molecule has 7 heteroatoms. The third kappa shape index (κ3) is 3.61. The van der Waals surface area contributed by atoms with Gasteiger partial charge in [0.15, 0.2) is 5.78 Å². The maximum Gasteiger partial charge on any atom is 0.269 e. The number of hydrogen-bond acceptors (Lipinski definition) is 5. The van der Waals surface area contributed by atoms with E-state index < -0.39 is 10.8 Å². The van der Waals surface area contributed by atoms with Gasteiger partial charge in [-0.3, -0.25) is 24.6 Å². The molecule has 2 aromatic rings. The van der Waals surface area contributed by atoms with E-state index in [1.165, 1.54) is 17.0 Å². The number of carbonyl (C=O) groups excluding carboxylic acids is 2. The van der Waals surface area contributed by atoms with Crippen molar-refractivity contribution < 1.29 is 14.5 Å². The summed E-state index contributed by atoms with van der Waals surface area (Å²) in [4.78, 5) is 39.0. The van der Waals surface area contributed by atoms with Crippen LogP contribution in [-0.4, -0.2) is 16.6 Å². The summed E-state index contributed by atoms with van der Waals surface area (Å²) in [5, 5.41) is 20.8. The van der Waals surface area contributed by atoms with E-state index in [9.17, 15) is 25.0 Å². The molecule has 4 rings (SSSR count). The number of amides is 1. The van der Waals surface area contributed by atoms with Crippen LogP contribution in [-0.2, 0) is 9.59 Å². The van der Waals surface area contributed by atoms with Crippen LogP contribution in [0.4, 0.5) is 11.4 Å². The maximum absolute atomic E-state index is 13.4. The van der Waals surface area contributed by atoms with Crippen molar-refractivity contribution in [2.24, 2.45) is 5.41 Å². The quantitative estimate of drug-likeness (QED) is 0.537. The summed E-state index contributed by atoms with van der Waals surface area (Å²) in [6, 6.07) is 15.1. The number of ketones is 1. The number of nitro benzene ring substituents is 1. The van der Waals surface area contributed by atoms with E-state index in [0.717, 1.165) is 0 Å². The lowest BCUT2D eigenvalue weighted by atomic mass is 9.69. The smallest absolute Gasteiger partial charge is 0.269 e. The first-order chi connectivity index (χ1) is 14.7. The van der Waals surface area contributed by atoms with Gasteiger partial charge in [0.25, 0.3) is 5.69 Å². The third-order valence-electron chi connectivity index (χ3n) is 5.89. The fourth-order valence-electron chi connectivity index (χ4n) is 4.60. The first-order valence-electron chi connectivity index (χ1n) is 10.0. The lowest BCUT2D eigenvalue weighted by Crippen LogP contribution is -2.44. The molecule has 0 saturated carbocycles. The zero-order chi connectivity index (χ0) is 22.3. The summed E-state index contributed by atoms with van der Waals surface area (Å²) in [7, 11) is 0. The topological polar surface area (TPSA) is 104 Å². The van der Waals surface area contributed by atoms with Crippen LogP contribution >= 0.6 is 0 Å². The third-order valence-corrected chi connectivity index (χ3v) is 5.89. The molecule has 2 aromatic carbocycles. The van der Waals surface area contributed by atoms with Crippen molar-refractivity contribution in [3.8, 4) is 6.07 Å². The predicted octanol–water partition coefficient (Wildman–Crippen LogP) is 4.63. The molecule has 0 radical (unpaired) electrons. The molecule has 1 unspecified atom stereocenters. The van der Waals surface area contributed by atoms with E-state index in [2.05, 4.69) is 6.07 Å². The molecule has 0 bridgehead atoms. The van der Waals surface area contributed by atoms with Gasteiger partial charge in [0, 0.05) is 42.2 Å². The Bertz CT molecular complexity index is 1190. The molecule has 1 aliphatic heterocycles. The molecule has 0 N–H and O–H groups in total. The summed E-state index contributed by atoms with van der Waals surface area (Å²) in [6.45, 7) is 3.95. The number of anilines is 1. The Morgan fingerprint density at radius 3 is 2.58 bits per heavy atom. The van der Waals surface area contributed by atoms with Crippen LogP contribution in [0, 0.1) is 26.9 Å². The summed E-state index contributed by atoms with van der Waals surface area (Å²) in [5.74, 6) is -0.838. The standard InChI is InChI=1S/C24H21N3O4/c1-24(2)12-20-23(21(28)13-24)18(15-7-5-8-17(10-15)27(30)31)11-22(29)26(20)19-9-4-3-6-16(19)14-25/h3-10,18H,11-13H2,1-2H3. The minimum atomic E-state index is -0.545. The maximum atomic E-state index is 13.4. The Balaban J connectivity index is 1.93. The number of hydrogen-bond donors (Lipinski definition) is 0. The number of nitrogens with zero attached hydrogens (tertiary/aromatic N) is 3. The Morgan fingerprint density at radius 2 is 1.87 bits per heavy atom. The summed E-state index contributed by atoms with van der Waals surface area (Å²) in [6.07, 6.45) is 0.829. The highest BCUT2D eigenvalue weighted by Crippen LogP contribution is 2.48. The van der Waals surface area contributed by atoms with Crippen molar-refractivity contribution in [3.63, 3.8) is 0 Å². The number of rotatable bonds is 3. The first kappa shape index (κ1) is 20.5. The van der Waals surface area contributed by atoms with Crippen LogP contribution in [0.25, 0.3) is 0 Å². The normalized spacial score (nSPS) is 20.3. The van der Waals surface area contributed by atoms with Crippen LogP contribution in [0.2, 0.25) is 0 Å². The number of carbonyl (C=O) groups is 2. The average Bonchev–Trinajstić information content (AvgIpc) is 2.72. The second-order valence-corrected chi connectivity index (χ2v) is 8.77. The van der Waals surface area contributed by atoms with Gasteiger partial charge in [0.2, 0.25) is 5.91 Å². The zero-order valence-electron chi connectivity index (χ0n) is 17.3. The van der Waals surface area contributed by atoms with E-state index >= 15 is 0 Å². The Morgan fingerprint density at radius 1 is 1.13 bits per heavy atom. The Labute approximate surface area is 179 Å². The highest BCUT2D eigenvalue weighted by molar-refractivity contribution is 6.08. The van der Waals surface area contributed by atoms with Crippen molar-refractivity contribution in [2.45, 2.75) is 39.0 Å². The van der Waals surface area contributed by atoms with Crippen molar-refractivity contribution >= 4 is 23.1 Å². The second kappa shape index (κ2) is 7.47. The molecule has 0 aromatic heterocycles.